The van der Waals surface area contributed by atoms with Crippen molar-refractivity contribution in [3.05, 3.63) is 0 Å². The molecule has 0 amide bonds. The summed E-state index contributed by atoms with van der Waals surface area (Å²) in [5.41, 5.74) is 0. The monoisotopic (exact) mass is 256 g/mol. The number of carbonyl (C=O) groups excluding carboxylic acids is 2. The maximum Gasteiger partial charge on any atom is 0.508 e. The Morgan fingerprint density at radius 3 is 2.61 bits per heavy atom. The molecule has 5 nitrogen and oxygen atoms in total. The molecule has 0 aromatic heterocycles. The lowest BCUT2D eigenvalue weighted by Gasteiger charge is -2.25. The van der Waals surface area contributed by atoms with Crippen LogP contribution < -0.4 is 0 Å². The summed E-state index contributed by atoms with van der Waals surface area (Å²) in [7, 11) is 0. The van der Waals surface area contributed by atoms with Crippen molar-refractivity contribution in [3.8, 4) is 0 Å². The van der Waals surface area contributed by atoms with Crippen LogP contribution in [0.3, 0.4) is 0 Å². The molecule has 4 atom stereocenters. The van der Waals surface area contributed by atoms with Gasteiger partial charge in [-0.1, -0.05) is 0 Å². The van der Waals surface area contributed by atoms with Crippen LogP contribution in [0.25, 0.3) is 0 Å². The van der Waals surface area contributed by atoms with Crippen LogP contribution in [0.4, 0.5) is 4.79 Å². The van der Waals surface area contributed by atoms with Crippen LogP contribution in [0.1, 0.15) is 33.1 Å². The summed E-state index contributed by atoms with van der Waals surface area (Å²) >= 11 is 0. The van der Waals surface area contributed by atoms with E-state index in [1.807, 2.05) is 0 Å². The molecule has 0 unspecified atom stereocenters. The van der Waals surface area contributed by atoms with Gasteiger partial charge in [-0.3, -0.25) is 0 Å². The molecule has 2 saturated heterocycles. The second-order valence-electron chi connectivity index (χ2n) is 5.25. The zero-order valence-corrected chi connectivity index (χ0v) is 10.8. The Bertz CT molecular complexity index is 315. The van der Waals surface area contributed by atoms with Crippen molar-refractivity contribution < 1.29 is 23.8 Å². The van der Waals surface area contributed by atoms with E-state index in [0.717, 1.165) is 19.1 Å². The second-order valence-corrected chi connectivity index (χ2v) is 5.25. The van der Waals surface area contributed by atoms with Crippen LogP contribution in [0.15, 0.2) is 0 Å². The molecule has 2 aliphatic heterocycles. The van der Waals surface area contributed by atoms with Gasteiger partial charge in [0.2, 0.25) is 0 Å². The van der Waals surface area contributed by atoms with Crippen LogP contribution in [0.5, 0.6) is 0 Å². The van der Waals surface area contributed by atoms with Gasteiger partial charge in [0.05, 0.1) is 18.3 Å². The molecule has 0 saturated carbocycles. The third-order valence-electron chi connectivity index (χ3n) is 3.68. The van der Waals surface area contributed by atoms with Gasteiger partial charge < -0.3 is 19.0 Å². The van der Waals surface area contributed by atoms with E-state index in [2.05, 4.69) is 0 Å². The highest BCUT2D eigenvalue weighted by Crippen LogP contribution is 2.44. The highest BCUT2D eigenvalue weighted by atomic mass is 16.7. The molecule has 0 radical (unpaired) electrons. The minimum absolute atomic E-state index is 0.131. The van der Waals surface area contributed by atoms with E-state index in [1.54, 1.807) is 13.8 Å². The molecule has 2 bridgehead atoms. The minimum atomic E-state index is -0.641. The van der Waals surface area contributed by atoms with Gasteiger partial charge >= 0.3 is 6.16 Å². The number of fused-ring (bicyclic) bond motifs is 2. The standard InChI is InChI=1S/C13H20O5/c1-8(2)17-13(15)16-7-10-9(5-6-14)11-3-4-12(10)18-11/h6,8-12H,3-5,7H2,1-2H3/t9-,10+,11-,12+/m1/s1. The zero-order valence-electron chi connectivity index (χ0n) is 10.8. The van der Waals surface area contributed by atoms with E-state index in [9.17, 15) is 9.59 Å². The van der Waals surface area contributed by atoms with Gasteiger partial charge in [0, 0.05) is 18.3 Å². The molecule has 0 aliphatic carbocycles. The smallest absolute Gasteiger partial charge is 0.434 e. The molecule has 0 N–H and O–H groups in total. The molecular formula is C13H20O5. The first-order valence-electron chi connectivity index (χ1n) is 6.54. The van der Waals surface area contributed by atoms with E-state index in [-0.39, 0.29) is 36.8 Å². The van der Waals surface area contributed by atoms with Crippen LogP contribution in [-0.4, -0.2) is 37.4 Å². The first-order valence-corrected chi connectivity index (χ1v) is 6.54. The maximum atomic E-state index is 11.3. The van der Waals surface area contributed by atoms with Gasteiger partial charge in [-0.25, -0.2) is 4.79 Å². The third kappa shape index (κ3) is 2.83. The molecule has 0 spiro atoms. The summed E-state index contributed by atoms with van der Waals surface area (Å²) in [4.78, 5) is 22.0. The van der Waals surface area contributed by atoms with Gasteiger partial charge in [-0.2, -0.15) is 0 Å². The number of hydrogen-bond acceptors (Lipinski definition) is 5. The first kappa shape index (κ1) is 13.3. The molecule has 18 heavy (non-hydrogen) atoms. The number of rotatable bonds is 5. The van der Waals surface area contributed by atoms with Crippen molar-refractivity contribution >= 4 is 12.4 Å². The molecule has 102 valence electrons. The molecular weight excluding hydrogens is 236 g/mol. The Hall–Kier alpha value is -1.10. The van der Waals surface area contributed by atoms with Crippen molar-refractivity contribution in [3.63, 3.8) is 0 Å². The average molecular weight is 256 g/mol. The van der Waals surface area contributed by atoms with Crippen molar-refractivity contribution in [1.82, 2.24) is 0 Å². The Labute approximate surface area is 107 Å². The zero-order chi connectivity index (χ0) is 13.1. The topological polar surface area (TPSA) is 61.8 Å². The lowest BCUT2D eigenvalue weighted by molar-refractivity contribution is -0.109. The number of hydrogen-bond donors (Lipinski definition) is 0. The molecule has 2 aliphatic rings. The van der Waals surface area contributed by atoms with Gasteiger partial charge in [-0.15, -0.1) is 0 Å². The quantitative estimate of drug-likeness (QED) is 0.555. The van der Waals surface area contributed by atoms with Crippen molar-refractivity contribution in [2.75, 3.05) is 6.61 Å². The molecule has 2 fully saturated rings. The molecule has 0 aromatic rings. The lowest BCUT2D eigenvalue weighted by atomic mass is 9.78. The van der Waals surface area contributed by atoms with Crippen LogP contribution in [-0.2, 0) is 19.0 Å². The predicted molar refractivity (Wildman–Crippen MR) is 63.1 cm³/mol. The molecule has 0 aromatic carbocycles. The van der Waals surface area contributed by atoms with Crippen molar-refractivity contribution in [1.29, 1.82) is 0 Å². The third-order valence-corrected chi connectivity index (χ3v) is 3.68. The maximum absolute atomic E-state index is 11.3. The van der Waals surface area contributed by atoms with E-state index < -0.39 is 6.16 Å². The van der Waals surface area contributed by atoms with E-state index in [0.29, 0.717) is 6.42 Å². The van der Waals surface area contributed by atoms with Gasteiger partial charge in [0.25, 0.3) is 0 Å². The Kier molecular flexibility index (Phi) is 4.22. The predicted octanol–water partition coefficient (Wildman–Crippen LogP) is 1.93. The Balaban J connectivity index is 1.84. The first-order chi connectivity index (χ1) is 8.61. The summed E-state index contributed by atoms with van der Waals surface area (Å²) in [6.45, 7) is 3.83. The summed E-state index contributed by atoms with van der Waals surface area (Å²) in [6, 6.07) is 0. The fourth-order valence-electron chi connectivity index (χ4n) is 2.93. The fourth-order valence-corrected chi connectivity index (χ4v) is 2.93. The largest absolute Gasteiger partial charge is 0.508 e. The van der Waals surface area contributed by atoms with Gasteiger partial charge in [0.15, 0.2) is 0 Å². The van der Waals surface area contributed by atoms with Crippen LogP contribution >= 0.6 is 0 Å². The SMILES string of the molecule is CC(C)OC(=O)OC[C@H]1[C@@H](CC=O)[C@H]2CC[C@@H]1O2. The summed E-state index contributed by atoms with van der Waals surface area (Å²) in [5.74, 6) is 0.321. The van der Waals surface area contributed by atoms with Gasteiger partial charge in [-0.05, 0) is 26.7 Å². The van der Waals surface area contributed by atoms with E-state index in [1.165, 1.54) is 0 Å². The highest BCUT2D eigenvalue weighted by Gasteiger charge is 2.48. The fraction of sp³-hybridized carbons (Fsp3) is 0.846. The minimum Gasteiger partial charge on any atom is -0.434 e. The van der Waals surface area contributed by atoms with Crippen LogP contribution in [0, 0.1) is 11.8 Å². The van der Waals surface area contributed by atoms with Crippen molar-refractivity contribution in [2.24, 2.45) is 11.8 Å². The second kappa shape index (κ2) is 5.69. The molecule has 2 heterocycles. The summed E-state index contributed by atoms with van der Waals surface area (Å²) in [6.07, 6.45) is 2.88. The normalized spacial score (nSPS) is 33.7. The van der Waals surface area contributed by atoms with Crippen LogP contribution in [0.2, 0.25) is 0 Å². The van der Waals surface area contributed by atoms with E-state index >= 15 is 0 Å². The summed E-state index contributed by atoms with van der Waals surface area (Å²) < 4.78 is 15.8. The number of aldehydes is 1. The molecule has 2 rings (SSSR count). The number of carbonyl (C=O) groups is 2. The van der Waals surface area contributed by atoms with E-state index in [4.69, 9.17) is 14.2 Å². The Morgan fingerprint density at radius 2 is 2.00 bits per heavy atom. The van der Waals surface area contributed by atoms with Gasteiger partial charge in [0.1, 0.15) is 12.9 Å². The highest BCUT2D eigenvalue weighted by molar-refractivity contribution is 5.60. The molecule has 5 heteroatoms. The van der Waals surface area contributed by atoms with Crippen molar-refractivity contribution in [2.45, 2.75) is 51.4 Å². The lowest BCUT2D eigenvalue weighted by Crippen LogP contribution is -2.32. The number of ether oxygens (including phenoxy) is 3. The average Bonchev–Trinajstić information content (AvgIpc) is 2.87. The Morgan fingerprint density at radius 1 is 1.33 bits per heavy atom. The summed E-state index contributed by atoms with van der Waals surface area (Å²) in [5, 5.41) is 0.